The summed E-state index contributed by atoms with van der Waals surface area (Å²) < 4.78 is 11.2. The summed E-state index contributed by atoms with van der Waals surface area (Å²) in [6, 6.07) is 5.12. The Morgan fingerprint density at radius 3 is 2.78 bits per heavy atom. The largest absolute Gasteiger partial charge is 0.348 e. The van der Waals surface area contributed by atoms with Crippen molar-refractivity contribution in [2.45, 2.75) is 18.9 Å². The number of hydrazine groups is 1. The molecule has 18 heavy (non-hydrogen) atoms. The van der Waals surface area contributed by atoms with Crippen LogP contribution in [0.1, 0.15) is 23.3 Å². The first kappa shape index (κ1) is 13.0. The Kier molecular flexibility index (Phi) is 4.27. The third kappa shape index (κ3) is 3.27. The fourth-order valence-electron chi connectivity index (χ4n) is 1.84. The lowest BCUT2D eigenvalue weighted by Gasteiger charge is -2.22. The molecule has 0 unspecified atom stereocenters. The molecular weight excluding hydrogens is 252 g/mol. The van der Waals surface area contributed by atoms with E-state index in [1.54, 1.807) is 18.2 Å². The van der Waals surface area contributed by atoms with Crippen LogP contribution >= 0.6 is 0 Å². The monoisotopic (exact) mass is 268 g/mol. The Morgan fingerprint density at radius 2 is 2.11 bits per heavy atom. The van der Waals surface area contributed by atoms with Crippen LogP contribution in [0.4, 0.5) is 5.82 Å². The summed E-state index contributed by atoms with van der Waals surface area (Å²) in [7, 11) is -0.719. The number of anilines is 1. The lowest BCUT2D eigenvalue weighted by Crippen LogP contribution is -2.39. The van der Waals surface area contributed by atoms with Gasteiger partial charge in [0.2, 0.25) is 0 Å². The smallest absolute Gasteiger partial charge is 0.270 e. The van der Waals surface area contributed by atoms with Gasteiger partial charge in [0.1, 0.15) is 11.5 Å². The molecular formula is C11H16N4O2S. The average Bonchev–Trinajstić information content (AvgIpc) is 2.41. The highest BCUT2D eigenvalue weighted by Crippen LogP contribution is 2.10. The van der Waals surface area contributed by atoms with Gasteiger partial charge in [-0.05, 0) is 25.0 Å². The van der Waals surface area contributed by atoms with E-state index < -0.39 is 10.8 Å². The van der Waals surface area contributed by atoms with Gasteiger partial charge >= 0.3 is 0 Å². The van der Waals surface area contributed by atoms with Gasteiger partial charge in [0.05, 0.1) is 0 Å². The number of rotatable bonds is 3. The number of nitrogens with zero attached hydrogens (tertiary/aromatic N) is 1. The Bertz CT molecular complexity index is 456. The van der Waals surface area contributed by atoms with Crippen LogP contribution in [0.2, 0.25) is 0 Å². The molecule has 6 nitrogen and oxygen atoms in total. The van der Waals surface area contributed by atoms with Crippen molar-refractivity contribution in [3.63, 3.8) is 0 Å². The molecule has 2 heterocycles. The van der Waals surface area contributed by atoms with Crippen molar-refractivity contribution in [1.29, 1.82) is 0 Å². The van der Waals surface area contributed by atoms with Crippen LogP contribution in [0.25, 0.3) is 0 Å². The highest BCUT2D eigenvalue weighted by molar-refractivity contribution is 7.85. The van der Waals surface area contributed by atoms with Gasteiger partial charge in [-0.2, -0.15) is 0 Å². The van der Waals surface area contributed by atoms with Crippen molar-refractivity contribution in [3.8, 4) is 0 Å². The Labute approximate surface area is 108 Å². The number of hydrogen-bond donors (Lipinski definition) is 3. The first-order chi connectivity index (χ1) is 8.69. The van der Waals surface area contributed by atoms with Crippen LogP contribution in [-0.2, 0) is 10.8 Å². The van der Waals surface area contributed by atoms with E-state index in [0.29, 0.717) is 23.0 Å². The minimum atomic E-state index is -0.719. The number of hydrogen-bond acceptors (Lipinski definition) is 5. The first-order valence-corrected chi connectivity index (χ1v) is 7.27. The SMILES string of the molecule is NNc1cccc(C(=O)NC2CCS(=O)CC2)n1. The third-order valence-electron chi connectivity index (χ3n) is 2.85. The molecule has 2 rings (SSSR count). The maximum Gasteiger partial charge on any atom is 0.270 e. The van der Waals surface area contributed by atoms with E-state index in [1.807, 2.05) is 0 Å². The van der Waals surface area contributed by atoms with Gasteiger partial charge in [-0.1, -0.05) is 6.07 Å². The van der Waals surface area contributed by atoms with Crippen LogP contribution in [0.15, 0.2) is 18.2 Å². The van der Waals surface area contributed by atoms with Gasteiger partial charge in [0, 0.05) is 28.3 Å². The predicted molar refractivity (Wildman–Crippen MR) is 70.4 cm³/mol. The lowest BCUT2D eigenvalue weighted by atomic mass is 10.1. The summed E-state index contributed by atoms with van der Waals surface area (Å²) in [5.74, 6) is 6.78. The predicted octanol–water partition coefficient (Wildman–Crippen LogP) is 0.00810. The molecule has 0 spiro atoms. The molecule has 1 fully saturated rings. The number of carbonyl (C=O) groups excluding carboxylic acids is 1. The molecule has 1 aliphatic rings. The zero-order valence-electron chi connectivity index (χ0n) is 9.89. The molecule has 1 aromatic rings. The number of nitrogens with one attached hydrogen (secondary N) is 2. The number of aromatic nitrogens is 1. The molecule has 1 saturated heterocycles. The van der Waals surface area contributed by atoms with Gasteiger partial charge < -0.3 is 10.7 Å². The number of nitrogens with two attached hydrogens (primary N) is 1. The lowest BCUT2D eigenvalue weighted by molar-refractivity contribution is 0.0929. The van der Waals surface area contributed by atoms with Gasteiger partial charge in [0.25, 0.3) is 5.91 Å². The summed E-state index contributed by atoms with van der Waals surface area (Å²) in [4.78, 5) is 16.0. The van der Waals surface area contributed by atoms with Crippen LogP contribution in [0.3, 0.4) is 0 Å². The summed E-state index contributed by atoms with van der Waals surface area (Å²) in [5.41, 5.74) is 2.73. The van der Waals surface area contributed by atoms with Crippen molar-refractivity contribution < 1.29 is 9.00 Å². The highest BCUT2D eigenvalue weighted by atomic mass is 32.2. The molecule has 0 aromatic carbocycles. The molecule has 4 N–H and O–H groups in total. The highest BCUT2D eigenvalue weighted by Gasteiger charge is 2.20. The molecule has 7 heteroatoms. The number of pyridine rings is 1. The fraction of sp³-hybridized carbons (Fsp3) is 0.455. The van der Waals surface area contributed by atoms with Crippen LogP contribution in [0, 0.1) is 0 Å². The summed E-state index contributed by atoms with van der Waals surface area (Å²) in [6.07, 6.45) is 1.51. The van der Waals surface area contributed by atoms with Crippen molar-refractivity contribution in [2.24, 2.45) is 5.84 Å². The van der Waals surface area contributed by atoms with Gasteiger partial charge in [-0.3, -0.25) is 9.00 Å². The normalized spacial score (nSPS) is 23.4. The second kappa shape index (κ2) is 5.92. The Balaban J connectivity index is 1.96. The number of nitrogen functional groups attached to an aromatic ring is 1. The maximum absolute atomic E-state index is 11.9. The van der Waals surface area contributed by atoms with E-state index in [4.69, 9.17) is 5.84 Å². The fourth-order valence-corrected chi connectivity index (χ4v) is 3.14. The molecule has 1 aromatic heterocycles. The summed E-state index contributed by atoms with van der Waals surface area (Å²) >= 11 is 0. The molecule has 0 bridgehead atoms. The maximum atomic E-state index is 11.9. The van der Waals surface area contributed by atoms with E-state index in [-0.39, 0.29) is 11.9 Å². The Hall–Kier alpha value is -1.47. The zero-order chi connectivity index (χ0) is 13.0. The second-order valence-corrected chi connectivity index (χ2v) is 5.84. The van der Waals surface area contributed by atoms with E-state index in [9.17, 15) is 9.00 Å². The van der Waals surface area contributed by atoms with Crippen molar-refractivity contribution in [1.82, 2.24) is 10.3 Å². The zero-order valence-corrected chi connectivity index (χ0v) is 10.7. The van der Waals surface area contributed by atoms with E-state index >= 15 is 0 Å². The van der Waals surface area contributed by atoms with Crippen LogP contribution in [-0.4, -0.2) is 32.6 Å². The summed E-state index contributed by atoms with van der Waals surface area (Å²) in [6.45, 7) is 0. The third-order valence-corrected chi connectivity index (χ3v) is 4.23. The minimum absolute atomic E-state index is 0.0893. The standard InChI is InChI=1S/C11H16N4O2S/c12-15-10-3-1-2-9(14-10)11(16)13-8-4-6-18(17)7-5-8/h1-3,8H,4-7,12H2,(H,13,16)(H,14,15). The minimum Gasteiger partial charge on any atom is -0.348 e. The van der Waals surface area contributed by atoms with Crippen LogP contribution < -0.4 is 16.6 Å². The van der Waals surface area contributed by atoms with E-state index in [0.717, 1.165) is 12.8 Å². The quantitative estimate of drug-likeness (QED) is 0.530. The average molecular weight is 268 g/mol. The first-order valence-electron chi connectivity index (χ1n) is 5.78. The molecule has 1 aliphatic heterocycles. The molecule has 0 aliphatic carbocycles. The van der Waals surface area contributed by atoms with Crippen molar-refractivity contribution in [3.05, 3.63) is 23.9 Å². The van der Waals surface area contributed by atoms with Crippen molar-refractivity contribution >= 4 is 22.5 Å². The molecule has 0 atom stereocenters. The van der Waals surface area contributed by atoms with Crippen molar-refractivity contribution in [2.75, 3.05) is 16.9 Å². The number of carbonyl (C=O) groups is 1. The van der Waals surface area contributed by atoms with Gasteiger partial charge in [0.15, 0.2) is 0 Å². The second-order valence-electron chi connectivity index (χ2n) is 4.15. The number of amides is 1. The molecule has 0 radical (unpaired) electrons. The van der Waals surface area contributed by atoms with Crippen LogP contribution in [0.5, 0.6) is 0 Å². The van der Waals surface area contributed by atoms with E-state index in [1.165, 1.54) is 0 Å². The van der Waals surface area contributed by atoms with Gasteiger partial charge in [-0.15, -0.1) is 0 Å². The molecule has 0 saturated carbocycles. The Morgan fingerprint density at radius 1 is 1.39 bits per heavy atom. The van der Waals surface area contributed by atoms with Gasteiger partial charge in [-0.25, -0.2) is 10.8 Å². The molecule has 1 amide bonds. The molecule has 98 valence electrons. The topological polar surface area (TPSA) is 97.1 Å². The van der Waals surface area contributed by atoms with E-state index in [2.05, 4.69) is 15.7 Å². The summed E-state index contributed by atoms with van der Waals surface area (Å²) in [5, 5.41) is 2.90.